The number of benzene rings is 1. The molecule has 0 unspecified atom stereocenters. The fourth-order valence-electron chi connectivity index (χ4n) is 2.54. The summed E-state index contributed by atoms with van der Waals surface area (Å²) in [5, 5.41) is 2.60. The molecule has 0 fully saturated rings. The smallest absolute Gasteiger partial charge is 0.270 e. The molecule has 1 aromatic heterocycles. The van der Waals surface area contributed by atoms with Crippen molar-refractivity contribution in [2.45, 2.75) is 58.3 Å². The fraction of sp³-hybridized carbons (Fsp3) is 0.450. The summed E-state index contributed by atoms with van der Waals surface area (Å²) >= 11 is 0. The van der Waals surface area contributed by atoms with Gasteiger partial charge in [-0.15, -0.1) is 0 Å². The van der Waals surface area contributed by atoms with Crippen molar-refractivity contribution in [1.82, 2.24) is 15.3 Å². The van der Waals surface area contributed by atoms with Crippen LogP contribution in [0, 0.1) is 12.7 Å². The second-order valence-corrected chi connectivity index (χ2v) is 12.5. The molecule has 146 valence electrons. The number of hydrogen-bond donors (Lipinski definition) is 2. The van der Waals surface area contributed by atoms with Gasteiger partial charge in [0.05, 0.1) is 0 Å². The lowest BCUT2D eigenvalue weighted by Gasteiger charge is -2.35. The molecule has 0 aliphatic heterocycles. The number of hydrogen-bond acceptors (Lipinski definition) is 4. The van der Waals surface area contributed by atoms with Crippen LogP contribution in [0.25, 0.3) is 0 Å². The largest absolute Gasteiger partial charge is 0.432 e. The first-order chi connectivity index (χ1) is 12.5. The zero-order chi connectivity index (χ0) is 20.2. The third-order valence-electron chi connectivity index (χ3n) is 5.13. The Morgan fingerprint density at radius 2 is 1.96 bits per heavy atom. The molecule has 1 heterocycles. The lowest BCUT2D eigenvalue weighted by Crippen LogP contribution is -2.39. The number of carbonyl (C=O) groups excluding carboxylic acids is 1. The molecule has 0 aliphatic rings. The molecule has 7 heteroatoms. The van der Waals surface area contributed by atoms with Gasteiger partial charge in [0.1, 0.15) is 17.3 Å². The number of amides is 1. The Kier molecular flexibility index (Phi) is 6.49. The summed E-state index contributed by atoms with van der Waals surface area (Å²) in [6.45, 7) is 9.99. The molecule has 1 aromatic carbocycles. The highest BCUT2D eigenvalue weighted by Gasteiger charge is 2.37. The van der Waals surface area contributed by atoms with Crippen LogP contribution in [0.5, 0.6) is 0 Å². The second kappa shape index (κ2) is 8.27. The first kappa shape index (κ1) is 21.2. The summed E-state index contributed by atoms with van der Waals surface area (Å²) in [7, 11) is -2.30. The van der Waals surface area contributed by atoms with Crippen LogP contribution < -0.4 is 5.32 Å². The average molecular weight is 390 g/mol. The van der Waals surface area contributed by atoms with E-state index in [2.05, 4.69) is 29.1 Å². The number of halogens is 1. The Balaban J connectivity index is 2.06. The minimum Gasteiger partial charge on any atom is -0.432 e. The van der Waals surface area contributed by atoms with Gasteiger partial charge in [0.2, 0.25) is 0 Å². The molecule has 0 bridgehead atoms. The van der Waals surface area contributed by atoms with Crippen LogP contribution in [0.15, 0.2) is 30.3 Å². The van der Waals surface area contributed by atoms with E-state index in [0.29, 0.717) is 23.5 Å². The molecule has 5 nitrogen and oxygen atoms in total. The van der Waals surface area contributed by atoms with Gasteiger partial charge >= 0.3 is 0 Å². The molecule has 0 atom stereocenters. The van der Waals surface area contributed by atoms with E-state index in [1.807, 2.05) is 13.1 Å². The van der Waals surface area contributed by atoms with Crippen LogP contribution in [-0.4, -0.2) is 29.0 Å². The highest BCUT2D eigenvalue weighted by molar-refractivity contribution is 6.72. The molecule has 2 rings (SSSR count). The Hall–Kier alpha value is -2.12. The maximum atomic E-state index is 13.2. The van der Waals surface area contributed by atoms with Crippen molar-refractivity contribution in [2.75, 3.05) is 0 Å². The van der Waals surface area contributed by atoms with Gasteiger partial charge in [-0.1, -0.05) is 26.0 Å². The van der Waals surface area contributed by atoms with Gasteiger partial charge in [-0.3, -0.25) is 4.79 Å². The predicted octanol–water partition coefficient (Wildman–Crippen LogP) is 3.76. The van der Waals surface area contributed by atoms with Crippen molar-refractivity contribution in [3.05, 3.63) is 58.9 Å². The number of nitrogens with zero attached hydrogens (tertiary/aromatic N) is 2. The topological polar surface area (TPSA) is 75.1 Å². The Morgan fingerprint density at radius 1 is 1.26 bits per heavy atom. The summed E-state index contributed by atoms with van der Waals surface area (Å²) in [4.78, 5) is 31.5. The number of nitrogens with one attached hydrogen (secondary N) is 1. The van der Waals surface area contributed by atoms with Gasteiger partial charge in [0.15, 0.2) is 8.32 Å². The van der Waals surface area contributed by atoms with Crippen molar-refractivity contribution in [3.63, 3.8) is 0 Å². The summed E-state index contributed by atoms with van der Waals surface area (Å²) in [5.41, 5.74) is 1.77. The molecule has 27 heavy (non-hydrogen) atoms. The van der Waals surface area contributed by atoms with Crippen molar-refractivity contribution < 1.29 is 14.0 Å². The van der Waals surface area contributed by atoms with Crippen LogP contribution in [0.3, 0.4) is 0 Å². The van der Waals surface area contributed by atoms with Crippen LogP contribution >= 0.6 is 0 Å². The van der Waals surface area contributed by atoms with Crippen LogP contribution in [0.4, 0.5) is 4.39 Å². The number of carbonyl (C=O) groups is 1. The van der Waals surface area contributed by atoms with E-state index in [9.17, 15) is 14.0 Å². The zero-order valence-electron chi connectivity index (χ0n) is 16.6. The highest BCUT2D eigenvalue weighted by atomic mass is 28.4. The second-order valence-electron chi connectivity index (χ2n) is 8.05. The fourth-order valence-corrected chi connectivity index (χ4v) is 3.28. The maximum Gasteiger partial charge on any atom is 0.270 e. The number of rotatable bonds is 7. The Morgan fingerprint density at radius 3 is 2.59 bits per heavy atom. The van der Waals surface area contributed by atoms with Crippen LogP contribution in [0.1, 0.15) is 47.8 Å². The maximum absolute atomic E-state index is 13.2. The summed E-state index contributed by atoms with van der Waals surface area (Å²) < 4.78 is 13.2. The van der Waals surface area contributed by atoms with E-state index in [1.54, 1.807) is 25.1 Å². The van der Waals surface area contributed by atoms with Gasteiger partial charge in [0, 0.05) is 12.2 Å². The van der Waals surface area contributed by atoms with Gasteiger partial charge in [0.25, 0.3) is 5.91 Å². The molecule has 2 aromatic rings. The quantitative estimate of drug-likeness (QED) is 0.707. The van der Waals surface area contributed by atoms with Crippen molar-refractivity contribution in [1.29, 1.82) is 0 Å². The van der Waals surface area contributed by atoms with E-state index in [1.165, 1.54) is 12.1 Å². The first-order valence-corrected chi connectivity index (χ1v) is 12.0. The monoisotopic (exact) mass is 389 g/mol. The molecule has 1 amide bonds. The molecule has 0 saturated carbocycles. The van der Waals surface area contributed by atoms with E-state index < -0.39 is 8.32 Å². The van der Waals surface area contributed by atoms with Crippen LogP contribution in [-0.2, 0) is 13.0 Å². The normalized spacial score (nSPS) is 12.1. The first-order valence-electron chi connectivity index (χ1n) is 9.07. The summed E-state index contributed by atoms with van der Waals surface area (Å²) in [5.74, 6) is -0.122. The minimum absolute atomic E-state index is 0.161. The summed E-state index contributed by atoms with van der Waals surface area (Å²) in [6, 6.07) is 7.80. The number of aromatic nitrogens is 2. The van der Waals surface area contributed by atoms with Gasteiger partial charge in [-0.25, -0.2) is 14.4 Å². The lowest BCUT2D eigenvalue weighted by atomic mass is 10.0. The van der Waals surface area contributed by atoms with E-state index >= 15 is 0 Å². The van der Waals surface area contributed by atoms with E-state index in [-0.39, 0.29) is 23.3 Å². The molecule has 0 radical (unpaired) electrons. The van der Waals surface area contributed by atoms with Gasteiger partial charge in [-0.2, -0.15) is 0 Å². The standard InChI is InChI=1S/C20H28FN3O2Si/c1-14-23-17(9-10-20(2,3)27(4,5)26)12-18(24-14)19(25)22-13-15-7-6-8-16(21)11-15/h6-8,11-12,26H,9-10,13H2,1-5H3,(H,22,25). The minimum atomic E-state index is -2.30. The van der Waals surface area contributed by atoms with Gasteiger partial charge < -0.3 is 10.1 Å². The highest BCUT2D eigenvalue weighted by Crippen LogP contribution is 2.39. The third-order valence-corrected chi connectivity index (χ3v) is 8.69. The SMILES string of the molecule is Cc1nc(CCC(C)(C)[Si](C)(C)O)cc(C(=O)NCc2cccc(F)c2)n1. The Bertz CT molecular complexity index is 819. The molecule has 0 spiro atoms. The van der Waals surface area contributed by atoms with E-state index in [4.69, 9.17) is 0 Å². The van der Waals surface area contributed by atoms with Crippen molar-refractivity contribution in [2.24, 2.45) is 0 Å². The number of aryl methyl sites for hydroxylation is 2. The molecule has 0 aliphatic carbocycles. The van der Waals surface area contributed by atoms with Crippen molar-refractivity contribution >= 4 is 14.2 Å². The molecule has 2 N–H and O–H groups in total. The molecular formula is C20H28FN3O2Si. The summed E-state index contributed by atoms with van der Waals surface area (Å²) in [6.07, 6.45) is 1.45. The predicted molar refractivity (Wildman–Crippen MR) is 106 cm³/mol. The van der Waals surface area contributed by atoms with Gasteiger partial charge in [-0.05, 0) is 61.7 Å². The van der Waals surface area contributed by atoms with E-state index in [0.717, 1.165) is 12.1 Å². The molecule has 0 saturated heterocycles. The zero-order valence-corrected chi connectivity index (χ0v) is 17.6. The average Bonchev–Trinajstić information content (AvgIpc) is 2.56. The van der Waals surface area contributed by atoms with Crippen molar-refractivity contribution in [3.8, 4) is 0 Å². The van der Waals surface area contributed by atoms with Crippen LogP contribution in [0.2, 0.25) is 18.1 Å². The third kappa shape index (κ3) is 5.94. The lowest BCUT2D eigenvalue weighted by molar-refractivity contribution is 0.0945. The Labute approximate surface area is 161 Å². The molecular weight excluding hydrogens is 361 g/mol.